The normalized spacial score (nSPS) is 17.4. The number of fused-ring (bicyclic) bond motifs is 3. The van der Waals surface area contributed by atoms with E-state index in [2.05, 4.69) is 30.4 Å². The van der Waals surface area contributed by atoms with Crippen molar-refractivity contribution in [2.24, 2.45) is 0 Å². The minimum Gasteiger partial charge on any atom is -0.363 e. The molecule has 0 saturated carbocycles. The van der Waals surface area contributed by atoms with E-state index in [-0.39, 0.29) is 24.7 Å². The van der Waals surface area contributed by atoms with Gasteiger partial charge in [0.25, 0.3) is 0 Å². The van der Waals surface area contributed by atoms with Gasteiger partial charge in [-0.1, -0.05) is 11.6 Å². The molecule has 35 heavy (non-hydrogen) atoms. The van der Waals surface area contributed by atoms with Crippen molar-refractivity contribution >= 4 is 22.3 Å². The lowest BCUT2D eigenvalue weighted by Gasteiger charge is -2.39. The molecule has 3 heterocycles. The molecule has 186 valence electrons. The maximum atomic E-state index is 14.5. The van der Waals surface area contributed by atoms with Crippen LogP contribution >= 0.6 is 0 Å². The summed E-state index contributed by atoms with van der Waals surface area (Å²) in [6, 6.07) is 3.50. The Kier molecular flexibility index (Phi) is 6.43. The minimum atomic E-state index is -4.39. The van der Waals surface area contributed by atoms with Gasteiger partial charge in [-0.3, -0.25) is 19.4 Å². The summed E-state index contributed by atoms with van der Waals surface area (Å²) in [6.45, 7) is 1.91. The number of allylic oxidation sites excluding steroid dienone is 1. The maximum Gasteiger partial charge on any atom is 0.392 e. The fourth-order valence-corrected chi connectivity index (χ4v) is 5.04. The van der Waals surface area contributed by atoms with E-state index in [9.17, 15) is 22.0 Å². The van der Waals surface area contributed by atoms with Gasteiger partial charge in [-0.15, -0.1) is 5.10 Å². The molecule has 1 saturated heterocycles. The van der Waals surface area contributed by atoms with Gasteiger partial charge < -0.3 is 5.32 Å². The van der Waals surface area contributed by atoms with Gasteiger partial charge >= 0.3 is 6.18 Å². The molecule has 1 aliphatic heterocycles. The molecule has 2 N–H and O–H groups in total. The largest absolute Gasteiger partial charge is 0.392 e. The Morgan fingerprint density at radius 3 is 2.66 bits per heavy atom. The number of anilines is 1. The third kappa shape index (κ3) is 5.00. The molecule has 0 radical (unpaired) electrons. The lowest BCUT2D eigenvalue weighted by Crippen LogP contribution is -2.54. The van der Waals surface area contributed by atoms with Crippen molar-refractivity contribution in [2.45, 2.75) is 44.3 Å². The number of hydrogen-bond donors (Lipinski definition) is 2. The Balaban J connectivity index is 1.47. The van der Waals surface area contributed by atoms with Crippen LogP contribution in [0.4, 0.5) is 27.8 Å². The quantitative estimate of drug-likeness (QED) is 0.453. The van der Waals surface area contributed by atoms with Crippen LogP contribution in [0.15, 0.2) is 30.1 Å². The summed E-state index contributed by atoms with van der Waals surface area (Å²) in [5, 5.41) is 9.84. The molecule has 2 aromatic heterocycles. The van der Waals surface area contributed by atoms with Crippen LogP contribution in [0, 0.1) is 5.95 Å². The highest BCUT2D eigenvalue weighted by molar-refractivity contribution is 5.92. The number of aromatic nitrogens is 4. The molecule has 6 nitrogen and oxygen atoms in total. The summed E-state index contributed by atoms with van der Waals surface area (Å²) in [4.78, 5) is 11.0. The molecule has 2 aliphatic rings. The molecular weight excluding hydrogens is 467 g/mol. The van der Waals surface area contributed by atoms with Crippen LogP contribution in [-0.4, -0.2) is 63.6 Å². The molecule has 5 rings (SSSR count). The summed E-state index contributed by atoms with van der Waals surface area (Å²) >= 11 is 0. The van der Waals surface area contributed by atoms with E-state index in [4.69, 9.17) is 0 Å². The lowest BCUT2D eigenvalue weighted by atomic mass is 9.91. The first-order chi connectivity index (χ1) is 16.8. The Morgan fingerprint density at radius 1 is 1.11 bits per heavy atom. The number of likely N-dealkylation sites (tertiary alicyclic amines) is 1. The number of benzene rings is 1. The van der Waals surface area contributed by atoms with Crippen molar-refractivity contribution in [3.63, 3.8) is 0 Å². The number of aromatic amines is 1. The van der Waals surface area contributed by atoms with Gasteiger partial charge in [0.1, 0.15) is 5.82 Å². The van der Waals surface area contributed by atoms with Gasteiger partial charge in [0.05, 0.1) is 48.1 Å². The Labute approximate surface area is 198 Å². The monoisotopic (exact) mass is 492 g/mol. The molecule has 11 heteroatoms. The Bertz CT molecular complexity index is 1230. The van der Waals surface area contributed by atoms with Gasteiger partial charge in [0.15, 0.2) is 0 Å². The second-order valence-corrected chi connectivity index (χ2v) is 9.08. The van der Waals surface area contributed by atoms with E-state index in [1.54, 1.807) is 12.1 Å². The van der Waals surface area contributed by atoms with E-state index < -0.39 is 18.5 Å². The molecule has 0 bridgehead atoms. The molecule has 0 atom stereocenters. The zero-order chi connectivity index (χ0) is 24.6. The van der Waals surface area contributed by atoms with Crippen LogP contribution in [-0.2, 0) is 6.42 Å². The number of halogens is 5. The maximum absolute atomic E-state index is 14.5. The third-order valence-electron chi connectivity index (χ3n) is 6.56. The molecular formula is C24H25F5N6. The average molecular weight is 492 g/mol. The van der Waals surface area contributed by atoms with E-state index in [0.29, 0.717) is 64.9 Å². The standard InChI is InChI=1S/C24H25F5N6/c25-7-2-8-35-12-15(13-35)32-20-11-30-19(10-31-20)21-14(9-24(27,28)29)3-1-4-16-17(21)5-6-18-22(16)23(26)34-33-18/h5-6,10-11,15H,1-4,7-9,12-13H2,(H,31,32)(H,33,34). The molecule has 1 fully saturated rings. The topological polar surface area (TPSA) is 69.7 Å². The van der Waals surface area contributed by atoms with Crippen LogP contribution in [0.5, 0.6) is 0 Å². The number of rotatable bonds is 7. The van der Waals surface area contributed by atoms with Crippen molar-refractivity contribution < 1.29 is 22.0 Å². The highest BCUT2D eigenvalue weighted by atomic mass is 19.4. The first-order valence-corrected chi connectivity index (χ1v) is 11.6. The number of alkyl halides is 4. The number of nitrogens with zero attached hydrogens (tertiary/aromatic N) is 4. The fraction of sp³-hybridized carbons (Fsp3) is 0.458. The second kappa shape index (κ2) is 9.52. The van der Waals surface area contributed by atoms with Crippen molar-refractivity contribution in [1.29, 1.82) is 0 Å². The van der Waals surface area contributed by atoms with E-state index in [1.807, 2.05) is 0 Å². The van der Waals surface area contributed by atoms with Gasteiger partial charge in [-0.05, 0) is 42.9 Å². The average Bonchev–Trinajstić information content (AvgIpc) is 3.07. The molecule has 3 aromatic rings. The Morgan fingerprint density at radius 2 is 1.94 bits per heavy atom. The van der Waals surface area contributed by atoms with Gasteiger partial charge in [0, 0.05) is 25.2 Å². The molecule has 0 amide bonds. The van der Waals surface area contributed by atoms with Crippen molar-refractivity contribution in [2.75, 3.05) is 31.6 Å². The molecule has 1 aromatic carbocycles. The summed E-state index contributed by atoms with van der Waals surface area (Å²) in [7, 11) is 0. The second-order valence-electron chi connectivity index (χ2n) is 9.08. The highest BCUT2D eigenvalue weighted by Gasteiger charge is 2.33. The number of hydrogen-bond acceptors (Lipinski definition) is 5. The van der Waals surface area contributed by atoms with Crippen molar-refractivity contribution in [3.05, 3.63) is 52.9 Å². The summed E-state index contributed by atoms with van der Waals surface area (Å²) in [5.74, 6) is -0.144. The van der Waals surface area contributed by atoms with Gasteiger partial charge in [0.2, 0.25) is 5.95 Å². The van der Waals surface area contributed by atoms with E-state index in [1.165, 1.54) is 12.4 Å². The number of nitrogens with one attached hydrogen (secondary N) is 2. The highest BCUT2D eigenvalue weighted by Crippen LogP contribution is 2.41. The summed E-state index contributed by atoms with van der Waals surface area (Å²) < 4.78 is 67.3. The van der Waals surface area contributed by atoms with Gasteiger partial charge in [-0.25, -0.2) is 4.98 Å². The number of aryl methyl sites for hydroxylation is 1. The first kappa shape index (κ1) is 23.7. The van der Waals surface area contributed by atoms with E-state index >= 15 is 0 Å². The zero-order valence-corrected chi connectivity index (χ0v) is 18.9. The molecule has 0 spiro atoms. The van der Waals surface area contributed by atoms with Crippen LogP contribution in [0.3, 0.4) is 0 Å². The Hall–Kier alpha value is -3.08. The van der Waals surface area contributed by atoms with Crippen molar-refractivity contribution in [1.82, 2.24) is 25.1 Å². The number of H-pyrrole nitrogens is 1. The summed E-state index contributed by atoms with van der Waals surface area (Å²) in [6.07, 6.45) is -0.843. The first-order valence-electron chi connectivity index (χ1n) is 11.6. The van der Waals surface area contributed by atoms with Crippen LogP contribution in [0.1, 0.15) is 42.5 Å². The third-order valence-corrected chi connectivity index (χ3v) is 6.56. The van der Waals surface area contributed by atoms with E-state index in [0.717, 1.165) is 13.1 Å². The zero-order valence-electron chi connectivity index (χ0n) is 18.9. The van der Waals surface area contributed by atoms with Gasteiger partial charge in [-0.2, -0.15) is 17.6 Å². The lowest BCUT2D eigenvalue weighted by molar-refractivity contribution is -0.127. The molecule has 0 unspecified atom stereocenters. The SMILES string of the molecule is FCCCN1CC(Nc2cnc(C3=C(CC(F)(F)F)CCCc4c3ccc3[nH]nc(F)c43)cn2)C1. The van der Waals surface area contributed by atoms with Crippen LogP contribution < -0.4 is 5.32 Å². The van der Waals surface area contributed by atoms with Crippen molar-refractivity contribution in [3.8, 4) is 0 Å². The predicted octanol–water partition coefficient (Wildman–Crippen LogP) is 5.04. The fourth-order valence-electron chi connectivity index (χ4n) is 5.04. The van der Waals surface area contributed by atoms with Crippen LogP contribution in [0.2, 0.25) is 0 Å². The minimum absolute atomic E-state index is 0.158. The summed E-state index contributed by atoms with van der Waals surface area (Å²) in [5.41, 5.74) is 2.57. The smallest absolute Gasteiger partial charge is 0.363 e. The predicted molar refractivity (Wildman–Crippen MR) is 122 cm³/mol. The van der Waals surface area contributed by atoms with Crippen LogP contribution in [0.25, 0.3) is 16.5 Å². The molecule has 1 aliphatic carbocycles.